The third kappa shape index (κ3) is 2.56. The van der Waals surface area contributed by atoms with E-state index in [1.165, 1.54) is 5.56 Å². The summed E-state index contributed by atoms with van der Waals surface area (Å²) in [5.41, 5.74) is 1.92. The van der Waals surface area contributed by atoms with Gasteiger partial charge in [-0.2, -0.15) is 0 Å². The summed E-state index contributed by atoms with van der Waals surface area (Å²) < 4.78 is 5.23. The predicted octanol–water partition coefficient (Wildman–Crippen LogP) is 4.34. The van der Waals surface area contributed by atoms with Crippen molar-refractivity contribution in [3.63, 3.8) is 0 Å². The van der Waals surface area contributed by atoms with Gasteiger partial charge in [0.05, 0.1) is 7.11 Å². The van der Waals surface area contributed by atoms with Gasteiger partial charge in [-0.1, -0.05) is 23.7 Å². The van der Waals surface area contributed by atoms with Crippen LogP contribution in [-0.4, -0.2) is 12.9 Å². The first-order valence-corrected chi connectivity index (χ1v) is 7.00. The molecule has 2 aromatic rings. The number of halogens is 1. The first-order valence-electron chi connectivity index (χ1n) is 6.63. The number of carbonyl (C=O) groups is 1. The molecule has 1 fully saturated rings. The van der Waals surface area contributed by atoms with E-state index in [2.05, 4.69) is 6.07 Å². The van der Waals surface area contributed by atoms with E-state index >= 15 is 0 Å². The zero-order valence-electron chi connectivity index (χ0n) is 11.2. The Morgan fingerprint density at radius 2 is 1.95 bits per heavy atom. The summed E-state index contributed by atoms with van der Waals surface area (Å²) in [7, 11) is 1.66. The first kappa shape index (κ1) is 13.2. The molecule has 1 aliphatic carbocycles. The van der Waals surface area contributed by atoms with Gasteiger partial charge in [-0.3, -0.25) is 4.79 Å². The lowest BCUT2D eigenvalue weighted by atomic mass is 10.0. The van der Waals surface area contributed by atoms with Crippen LogP contribution in [0.2, 0.25) is 5.02 Å². The molecule has 2 aromatic carbocycles. The lowest BCUT2D eigenvalue weighted by Crippen LogP contribution is -2.02. The normalized spacial score (nSPS) is 20.5. The molecule has 20 heavy (non-hydrogen) atoms. The Balaban J connectivity index is 1.75. The van der Waals surface area contributed by atoms with Crippen LogP contribution in [-0.2, 0) is 0 Å². The summed E-state index contributed by atoms with van der Waals surface area (Å²) >= 11 is 5.84. The van der Waals surface area contributed by atoms with Gasteiger partial charge in [-0.25, -0.2) is 0 Å². The van der Waals surface area contributed by atoms with Crippen molar-refractivity contribution >= 4 is 17.4 Å². The Hall–Kier alpha value is -1.80. The average molecular weight is 287 g/mol. The number of benzene rings is 2. The van der Waals surface area contributed by atoms with Gasteiger partial charge in [0, 0.05) is 16.5 Å². The molecule has 0 aromatic heterocycles. The van der Waals surface area contributed by atoms with Gasteiger partial charge in [0.15, 0.2) is 5.78 Å². The molecular formula is C17H15ClO2. The second-order valence-electron chi connectivity index (χ2n) is 5.10. The van der Waals surface area contributed by atoms with Crippen molar-refractivity contribution in [1.82, 2.24) is 0 Å². The van der Waals surface area contributed by atoms with Crippen molar-refractivity contribution in [2.24, 2.45) is 5.92 Å². The van der Waals surface area contributed by atoms with Gasteiger partial charge in [0.25, 0.3) is 0 Å². The van der Waals surface area contributed by atoms with E-state index in [0.29, 0.717) is 10.9 Å². The van der Waals surface area contributed by atoms with Gasteiger partial charge in [-0.15, -0.1) is 0 Å². The molecule has 2 unspecified atom stereocenters. The van der Waals surface area contributed by atoms with Crippen LogP contribution in [0, 0.1) is 5.92 Å². The number of methoxy groups -OCH3 is 1. The monoisotopic (exact) mass is 286 g/mol. The highest BCUT2D eigenvalue weighted by Crippen LogP contribution is 2.49. The standard InChI is InChI=1S/C17H15ClO2/c1-20-14-4-2-3-12(9-14)15-10-16(15)17(19)11-5-7-13(18)8-6-11/h2-9,15-16H,10H2,1H3. The topological polar surface area (TPSA) is 26.3 Å². The molecule has 0 saturated heterocycles. The molecule has 0 spiro atoms. The number of hydrogen-bond acceptors (Lipinski definition) is 2. The summed E-state index contributed by atoms with van der Waals surface area (Å²) in [6, 6.07) is 15.1. The molecule has 0 bridgehead atoms. The lowest BCUT2D eigenvalue weighted by molar-refractivity contribution is 0.0965. The molecule has 0 N–H and O–H groups in total. The molecule has 0 aliphatic heterocycles. The zero-order chi connectivity index (χ0) is 14.1. The minimum atomic E-state index is 0.0864. The number of hydrogen-bond donors (Lipinski definition) is 0. The van der Waals surface area contributed by atoms with Crippen LogP contribution < -0.4 is 4.74 Å². The van der Waals surface area contributed by atoms with E-state index in [0.717, 1.165) is 17.7 Å². The van der Waals surface area contributed by atoms with Gasteiger partial charge in [0.1, 0.15) is 5.75 Å². The van der Waals surface area contributed by atoms with Crippen LogP contribution in [0.3, 0.4) is 0 Å². The Morgan fingerprint density at radius 3 is 2.65 bits per heavy atom. The lowest BCUT2D eigenvalue weighted by Gasteiger charge is -2.04. The van der Waals surface area contributed by atoms with E-state index in [4.69, 9.17) is 16.3 Å². The quantitative estimate of drug-likeness (QED) is 0.782. The highest BCUT2D eigenvalue weighted by molar-refractivity contribution is 6.30. The number of Topliss-reactive ketones (excluding diaryl/α,β-unsaturated/α-hetero) is 1. The molecule has 3 rings (SSSR count). The van der Waals surface area contributed by atoms with Crippen molar-refractivity contribution in [2.45, 2.75) is 12.3 Å². The van der Waals surface area contributed by atoms with Gasteiger partial charge < -0.3 is 4.74 Å². The number of rotatable bonds is 4. The van der Waals surface area contributed by atoms with Crippen molar-refractivity contribution < 1.29 is 9.53 Å². The molecule has 2 nitrogen and oxygen atoms in total. The average Bonchev–Trinajstić information content (AvgIpc) is 3.28. The molecule has 0 heterocycles. The summed E-state index contributed by atoms with van der Waals surface area (Å²) in [6.07, 6.45) is 0.911. The smallest absolute Gasteiger partial charge is 0.166 e. The molecule has 3 heteroatoms. The fourth-order valence-corrected chi connectivity index (χ4v) is 2.68. The highest BCUT2D eigenvalue weighted by Gasteiger charge is 2.44. The maximum atomic E-state index is 12.4. The maximum Gasteiger partial charge on any atom is 0.166 e. The zero-order valence-corrected chi connectivity index (χ0v) is 11.9. The van der Waals surface area contributed by atoms with Crippen LogP contribution in [0.1, 0.15) is 28.3 Å². The van der Waals surface area contributed by atoms with Crippen molar-refractivity contribution in [3.05, 3.63) is 64.7 Å². The van der Waals surface area contributed by atoms with E-state index in [1.54, 1.807) is 31.4 Å². The fourth-order valence-electron chi connectivity index (χ4n) is 2.55. The third-order valence-electron chi connectivity index (χ3n) is 3.78. The predicted molar refractivity (Wildman–Crippen MR) is 79.6 cm³/mol. The molecule has 1 saturated carbocycles. The van der Waals surface area contributed by atoms with Crippen LogP contribution in [0.25, 0.3) is 0 Å². The Kier molecular flexibility index (Phi) is 3.49. The second-order valence-corrected chi connectivity index (χ2v) is 5.53. The van der Waals surface area contributed by atoms with Crippen LogP contribution >= 0.6 is 11.6 Å². The maximum absolute atomic E-state index is 12.4. The SMILES string of the molecule is COc1cccc(C2CC2C(=O)c2ccc(Cl)cc2)c1. The summed E-state index contributed by atoms with van der Waals surface area (Å²) in [6.45, 7) is 0. The molecule has 2 atom stereocenters. The second kappa shape index (κ2) is 5.29. The number of ether oxygens (including phenoxy) is 1. The minimum Gasteiger partial charge on any atom is -0.497 e. The molecule has 102 valence electrons. The molecule has 1 aliphatic rings. The molecule has 0 radical (unpaired) electrons. The van der Waals surface area contributed by atoms with E-state index in [1.807, 2.05) is 18.2 Å². The Labute approximate surface area is 123 Å². The van der Waals surface area contributed by atoms with E-state index in [9.17, 15) is 4.79 Å². The van der Waals surface area contributed by atoms with Gasteiger partial charge in [0.2, 0.25) is 0 Å². The van der Waals surface area contributed by atoms with E-state index in [-0.39, 0.29) is 11.7 Å². The third-order valence-corrected chi connectivity index (χ3v) is 4.03. The highest BCUT2D eigenvalue weighted by atomic mass is 35.5. The van der Waals surface area contributed by atoms with Crippen molar-refractivity contribution in [3.8, 4) is 5.75 Å². The molecule has 0 amide bonds. The summed E-state index contributed by atoms with van der Waals surface area (Å²) in [5, 5.41) is 0.654. The van der Waals surface area contributed by atoms with E-state index < -0.39 is 0 Å². The van der Waals surface area contributed by atoms with Gasteiger partial charge >= 0.3 is 0 Å². The molecular weight excluding hydrogens is 272 g/mol. The largest absolute Gasteiger partial charge is 0.497 e. The van der Waals surface area contributed by atoms with Crippen molar-refractivity contribution in [2.75, 3.05) is 7.11 Å². The fraction of sp³-hybridized carbons (Fsp3) is 0.235. The Bertz CT molecular complexity index is 634. The van der Waals surface area contributed by atoms with Gasteiger partial charge in [-0.05, 0) is 54.3 Å². The minimum absolute atomic E-state index is 0.0864. The Morgan fingerprint density at radius 1 is 1.20 bits per heavy atom. The van der Waals surface area contributed by atoms with Crippen LogP contribution in [0.5, 0.6) is 5.75 Å². The van der Waals surface area contributed by atoms with Crippen LogP contribution in [0.4, 0.5) is 0 Å². The number of ketones is 1. The van der Waals surface area contributed by atoms with Crippen LogP contribution in [0.15, 0.2) is 48.5 Å². The summed E-state index contributed by atoms with van der Waals surface area (Å²) in [5.74, 6) is 1.44. The summed E-state index contributed by atoms with van der Waals surface area (Å²) in [4.78, 5) is 12.4. The number of carbonyl (C=O) groups excluding carboxylic acids is 1. The first-order chi connectivity index (χ1) is 9.69. The van der Waals surface area contributed by atoms with Crippen molar-refractivity contribution in [1.29, 1.82) is 0 Å².